The number of hydrogen-bond donors (Lipinski definition) is 0. The quantitative estimate of drug-likeness (QED) is 0.388. The highest BCUT2D eigenvalue weighted by Gasteiger charge is 2.34. The molecule has 1 amide bonds. The van der Waals surface area contributed by atoms with Crippen LogP contribution in [0.15, 0.2) is 84.0 Å². The Hall–Kier alpha value is -3.90. The van der Waals surface area contributed by atoms with Crippen LogP contribution in [0.25, 0.3) is 22.2 Å². The van der Waals surface area contributed by atoms with Gasteiger partial charge in [0.1, 0.15) is 5.75 Å². The third-order valence-corrected chi connectivity index (χ3v) is 5.71. The third-order valence-electron chi connectivity index (χ3n) is 5.46. The number of carbonyl (C=O) groups is 1. The second-order valence-corrected chi connectivity index (χ2v) is 8.02. The predicted octanol–water partition coefficient (Wildman–Crippen LogP) is 5.80. The summed E-state index contributed by atoms with van der Waals surface area (Å²) >= 11 is 6.02. The van der Waals surface area contributed by atoms with Gasteiger partial charge in [0.2, 0.25) is 18.0 Å². The first kappa shape index (κ1) is 21.0. The number of amides is 1. The van der Waals surface area contributed by atoms with Crippen molar-refractivity contribution in [3.8, 4) is 17.0 Å². The summed E-state index contributed by atoms with van der Waals surface area (Å²) in [5, 5.41) is 7.34. The van der Waals surface area contributed by atoms with Gasteiger partial charge in [0, 0.05) is 34.0 Å². The van der Waals surface area contributed by atoms with Crippen LogP contribution in [0.3, 0.4) is 0 Å². The largest absolute Gasteiger partial charge is 0.497 e. The number of para-hydroxylation sites is 1. The number of hydrogen-bond acceptors (Lipinski definition) is 5. The predicted molar refractivity (Wildman–Crippen MR) is 128 cm³/mol. The molecule has 3 aromatic carbocycles. The van der Waals surface area contributed by atoms with Gasteiger partial charge in [-0.05, 0) is 60.7 Å². The highest BCUT2D eigenvalue weighted by atomic mass is 35.5. The van der Waals surface area contributed by atoms with E-state index in [9.17, 15) is 4.79 Å². The first-order valence-electron chi connectivity index (χ1n) is 10.4. The van der Waals surface area contributed by atoms with Crippen LogP contribution in [0.1, 0.15) is 24.3 Å². The lowest BCUT2D eigenvalue weighted by molar-refractivity contribution is -0.135. The van der Waals surface area contributed by atoms with Gasteiger partial charge in [-0.15, -0.1) is 5.10 Å². The van der Waals surface area contributed by atoms with Crippen LogP contribution in [0.5, 0.6) is 5.75 Å². The first-order chi connectivity index (χ1) is 16.0. The molecule has 5 rings (SSSR count). The lowest BCUT2D eigenvalue weighted by Gasteiger charge is -2.21. The summed E-state index contributed by atoms with van der Waals surface area (Å²) in [5.74, 6) is 0.900. The van der Waals surface area contributed by atoms with Crippen LogP contribution in [0, 0.1) is 0 Å². The number of aromatic nitrogens is 1. The topological polar surface area (TPSA) is 64.0 Å². The maximum absolute atomic E-state index is 12.5. The number of benzene rings is 3. The monoisotopic (exact) mass is 457 g/mol. The van der Waals surface area contributed by atoms with Crippen molar-refractivity contribution < 1.29 is 14.3 Å². The molecule has 4 aromatic rings. The molecule has 2 heterocycles. The number of rotatable bonds is 4. The Kier molecular flexibility index (Phi) is 5.44. The fourth-order valence-electron chi connectivity index (χ4n) is 3.79. The second-order valence-electron chi connectivity index (χ2n) is 7.59. The zero-order valence-corrected chi connectivity index (χ0v) is 18.8. The van der Waals surface area contributed by atoms with Crippen molar-refractivity contribution in [3.63, 3.8) is 0 Å². The van der Waals surface area contributed by atoms with Gasteiger partial charge in [0.25, 0.3) is 0 Å². The van der Waals surface area contributed by atoms with E-state index in [1.807, 2.05) is 66.7 Å². The van der Waals surface area contributed by atoms with Gasteiger partial charge in [-0.1, -0.05) is 29.8 Å². The Morgan fingerprint density at radius 2 is 1.70 bits per heavy atom. The van der Waals surface area contributed by atoms with E-state index in [-0.39, 0.29) is 5.91 Å². The zero-order chi connectivity index (χ0) is 22.9. The van der Waals surface area contributed by atoms with Crippen LogP contribution in [-0.2, 0) is 9.53 Å². The average Bonchev–Trinajstić information content (AvgIpc) is 3.29. The molecule has 1 aliphatic rings. The van der Waals surface area contributed by atoms with Gasteiger partial charge >= 0.3 is 0 Å². The Balaban J connectivity index is 1.61. The summed E-state index contributed by atoms with van der Waals surface area (Å²) < 4.78 is 11.5. The van der Waals surface area contributed by atoms with Crippen molar-refractivity contribution >= 4 is 34.3 Å². The number of methoxy groups -OCH3 is 1. The minimum absolute atomic E-state index is 0.226. The third kappa shape index (κ3) is 4.01. The molecule has 33 heavy (non-hydrogen) atoms. The molecule has 1 unspecified atom stereocenters. The van der Waals surface area contributed by atoms with Crippen molar-refractivity contribution in [2.45, 2.75) is 13.2 Å². The van der Waals surface area contributed by atoms with Crippen LogP contribution in [-0.4, -0.2) is 28.9 Å². The van der Waals surface area contributed by atoms with E-state index in [1.54, 1.807) is 19.2 Å². The van der Waals surface area contributed by atoms with Crippen LogP contribution < -0.4 is 4.74 Å². The molecule has 0 bridgehead atoms. The number of ether oxygens (including phenoxy) is 2. The summed E-state index contributed by atoms with van der Waals surface area (Å²) in [5.41, 5.74) is 4.02. The summed E-state index contributed by atoms with van der Waals surface area (Å²) in [6.07, 6.45) is -0.724. The molecule has 1 atom stereocenters. The van der Waals surface area contributed by atoms with E-state index in [0.717, 1.165) is 39.0 Å². The van der Waals surface area contributed by atoms with Gasteiger partial charge < -0.3 is 9.47 Å². The number of nitrogens with zero attached hydrogens (tertiary/aromatic N) is 3. The maximum Gasteiger partial charge on any atom is 0.243 e. The van der Waals surface area contributed by atoms with Gasteiger partial charge in [0.05, 0.1) is 18.3 Å². The fourth-order valence-corrected chi connectivity index (χ4v) is 3.92. The molecule has 1 aromatic heterocycles. The molecular formula is C26H20ClN3O3. The number of halogens is 1. The lowest BCUT2D eigenvalue weighted by Crippen LogP contribution is -2.25. The van der Waals surface area contributed by atoms with Crippen molar-refractivity contribution in [1.82, 2.24) is 9.99 Å². The summed E-state index contributed by atoms with van der Waals surface area (Å²) in [7, 11) is 1.63. The summed E-state index contributed by atoms with van der Waals surface area (Å²) in [6, 6.07) is 24.6. The standard InChI is InChI=1S/C26H20ClN3O3/c1-16(31)30-26(33-25(29-30)18-7-11-19(27)12-8-18)22-15-24(17-9-13-20(32-2)14-10-17)28-23-6-4-3-5-21(22)23/h3-15,26H,1-2H3. The second kappa shape index (κ2) is 8.56. The fraction of sp³-hybridized carbons (Fsp3) is 0.115. The molecule has 0 saturated carbocycles. The van der Waals surface area contributed by atoms with E-state index >= 15 is 0 Å². The molecule has 0 fully saturated rings. The van der Waals surface area contributed by atoms with Gasteiger partial charge in [-0.25, -0.2) is 4.98 Å². The SMILES string of the molecule is COc1ccc(-c2cc(C3OC(c4ccc(Cl)cc4)=NN3C(C)=O)c3ccccc3n2)cc1. The molecule has 0 spiro atoms. The van der Waals surface area contributed by atoms with E-state index in [4.69, 9.17) is 26.1 Å². The molecule has 1 aliphatic heterocycles. The smallest absolute Gasteiger partial charge is 0.243 e. The molecular weight excluding hydrogens is 438 g/mol. The van der Waals surface area contributed by atoms with Crippen molar-refractivity contribution in [1.29, 1.82) is 0 Å². The first-order valence-corrected chi connectivity index (χ1v) is 10.8. The molecule has 0 radical (unpaired) electrons. The normalized spacial score (nSPS) is 15.3. The minimum Gasteiger partial charge on any atom is -0.497 e. The Morgan fingerprint density at radius 3 is 2.39 bits per heavy atom. The van der Waals surface area contributed by atoms with Crippen LogP contribution in [0.4, 0.5) is 0 Å². The average molecular weight is 458 g/mol. The number of carbonyl (C=O) groups excluding carboxylic acids is 1. The van der Waals surface area contributed by atoms with Crippen molar-refractivity contribution in [3.05, 3.63) is 95.0 Å². The van der Waals surface area contributed by atoms with Gasteiger partial charge in [-0.3, -0.25) is 4.79 Å². The molecule has 0 aliphatic carbocycles. The number of hydrazone groups is 1. The molecule has 164 valence electrons. The Labute approximate surface area is 196 Å². The van der Waals surface area contributed by atoms with Gasteiger partial charge in [0.15, 0.2) is 0 Å². The molecule has 0 saturated heterocycles. The highest BCUT2D eigenvalue weighted by Crippen LogP contribution is 2.36. The Morgan fingerprint density at radius 1 is 1.00 bits per heavy atom. The zero-order valence-electron chi connectivity index (χ0n) is 18.0. The van der Waals surface area contributed by atoms with E-state index < -0.39 is 6.23 Å². The molecule has 6 nitrogen and oxygen atoms in total. The summed E-state index contributed by atoms with van der Waals surface area (Å²) in [4.78, 5) is 17.3. The maximum atomic E-state index is 12.5. The summed E-state index contributed by atoms with van der Waals surface area (Å²) in [6.45, 7) is 1.47. The number of pyridine rings is 1. The lowest BCUT2D eigenvalue weighted by atomic mass is 10.0. The van der Waals surface area contributed by atoms with Gasteiger partial charge in [-0.2, -0.15) is 5.01 Å². The van der Waals surface area contributed by atoms with Crippen molar-refractivity contribution in [2.24, 2.45) is 5.10 Å². The Bertz CT molecular complexity index is 1370. The van der Waals surface area contributed by atoms with Crippen LogP contribution in [0.2, 0.25) is 5.02 Å². The van der Waals surface area contributed by atoms with E-state index in [2.05, 4.69) is 5.10 Å². The van der Waals surface area contributed by atoms with Crippen LogP contribution >= 0.6 is 11.6 Å². The minimum atomic E-state index is -0.724. The molecule has 7 heteroatoms. The van der Waals surface area contributed by atoms with Crippen molar-refractivity contribution in [2.75, 3.05) is 7.11 Å². The van der Waals surface area contributed by atoms with E-state index in [1.165, 1.54) is 11.9 Å². The number of fused-ring (bicyclic) bond motifs is 1. The highest BCUT2D eigenvalue weighted by molar-refractivity contribution is 6.30. The van der Waals surface area contributed by atoms with E-state index in [0.29, 0.717) is 10.9 Å². The molecule has 0 N–H and O–H groups in total.